The summed E-state index contributed by atoms with van der Waals surface area (Å²) in [6.45, 7) is 8.76. The molecule has 2 aromatic rings. The number of thioether (sulfide) groups is 1. The van der Waals surface area contributed by atoms with E-state index in [1.807, 2.05) is 6.07 Å². The molecular formula is C25H33N3O4S2. The summed E-state index contributed by atoms with van der Waals surface area (Å²) in [5.41, 5.74) is 1.85. The zero-order valence-corrected chi connectivity index (χ0v) is 21.5. The molecule has 0 aliphatic carbocycles. The topological polar surface area (TPSA) is 80.2 Å². The predicted octanol–water partition coefficient (Wildman–Crippen LogP) is 4.95. The summed E-state index contributed by atoms with van der Waals surface area (Å²) in [5.74, 6) is 0.883. The first-order chi connectivity index (χ1) is 16.6. The number of ether oxygens (including phenoxy) is 2. The van der Waals surface area contributed by atoms with Crippen molar-refractivity contribution in [1.82, 2.24) is 4.90 Å². The molecule has 0 unspecified atom stereocenters. The van der Waals surface area contributed by atoms with Gasteiger partial charge >= 0.3 is 0 Å². The van der Waals surface area contributed by atoms with Crippen molar-refractivity contribution in [1.29, 1.82) is 0 Å². The first-order valence-corrected chi connectivity index (χ1v) is 13.1. The average molecular weight is 504 g/mol. The van der Waals surface area contributed by atoms with Gasteiger partial charge in [0, 0.05) is 29.2 Å². The molecule has 184 valence electrons. The van der Waals surface area contributed by atoms with Gasteiger partial charge in [0.15, 0.2) is 0 Å². The zero-order chi connectivity index (χ0) is 24.8. The minimum atomic E-state index is -0.218. The maximum Gasteiger partial charge on any atom is 0.255 e. The average Bonchev–Trinajstić information content (AvgIpc) is 2.89. The Morgan fingerprint density at radius 1 is 1.18 bits per heavy atom. The largest absolute Gasteiger partial charge is 0.494 e. The molecule has 1 N–H and O–H groups in total. The van der Waals surface area contributed by atoms with E-state index in [4.69, 9.17) is 9.47 Å². The number of morpholine rings is 1. The van der Waals surface area contributed by atoms with Crippen LogP contribution in [0.4, 0.5) is 11.4 Å². The number of rotatable bonds is 10. The third-order valence-electron chi connectivity index (χ3n) is 4.99. The van der Waals surface area contributed by atoms with Crippen LogP contribution in [0.2, 0.25) is 0 Å². The normalized spacial score (nSPS) is 12.9. The maximum atomic E-state index is 12.7. The third kappa shape index (κ3) is 8.70. The summed E-state index contributed by atoms with van der Waals surface area (Å²) >= 11 is 4.92. The molecule has 0 aromatic heterocycles. The minimum Gasteiger partial charge on any atom is -0.494 e. The van der Waals surface area contributed by atoms with Crippen molar-refractivity contribution in [3.8, 4) is 5.75 Å². The van der Waals surface area contributed by atoms with Crippen LogP contribution in [-0.4, -0.2) is 68.4 Å². The van der Waals surface area contributed by atoms with E-state index in [0.717, 1.165) is 23.5 Å². The number of aliphatic imine (C=N–C) groups is 1. The van der Waals surface area contributed by atoms with Gasteiger partial charge in [-0.15, -0.1) is 11.8 Å². The van der Waals surface area contributed by atoms with Gasteiger partial charge in [-0.05, 0) is 61.9 Å². The Morgan fingerprint density at radius 2 is 1.88 bits per heavy atom. The highest BCUT2D eigenvalue weighted by Crippen LogP contribution is 2.32. The molecule has 3 rings (SSSR count). The molecule has 34 heavy (non-hydrogen) atoms. The summed E-state index contributed by atoms with van der Waals surface area (Å²) in [6.07, 6.45) is 3.76. The quantitative estimate of drug-likeness (QED) is 0.208. The van der Waals surface area contributed by atoms with Gasteiger partial charge in [0.05, 0.1) is 31.3 Å². The van der Waals surface area contributed by atoms with Crippen LogP contribution in [0.15, 0.2) is 52.4 Å². The van der Waals surface area contributed by atoms with Crippen LogP contribution in [0, 0.1) is 0 Å². The van der Waals surface area contributed by atoms with Gasteiger partial charge < -0.3 is 19.7 Å². The first-order valence-electron chi connectivity index (χ1n) is 11.2. The van der Waals surface area contributed by atoms with Crippen LogP contribution in [0.3, 0.4) is 0 Å². The lowest BCUT2D eigenvalue weighted by atomic mass is 10.2. The number of anilines is 1. The summed E-state index contributed by atoms with van der Waals surface area (Å²) in [6, 6.07) is 12.5. The summed E-state index contributed by atoms with van der Waals surface area (Å²) < 4.78 is 10.9. The molecule has 0 atom stereocenters. The predicted molar refractivity (Wildman–Crippen MR) is 143 cm³/mol. The van der Waals surface area contributed by atoms with Crippen LogP contribution in [0.5, 0.6) is 5.75 Å². The number of nitrogens with zero attached hydrogens (tertiary/aromatic N) is 2. The van der Waals surface area contributed by atoms with Gasteiger partial charge in [-0.1, -0.05) is 13.3 Å². The minimum absolute atomic E-state index is 0.0593. The Kier molecular flexibility index (Phi) is 12.6. The van der Waals surface area contributed by atoms with Gasteiger partial charge in [0.2, 0.25) is 5.91 Å². The summed E-state index contributed by atoms with van der Waals surface area (Å²) in [5, 5.41) is 2.91. The van der Waals surface area contributed by atoms with Crippen LogP contribution in [0.1, 0.15) is 30.1 Å². The van der Waals surface area contributed by atoms with E-state index in [-0.39, 0.29) is 11.8 Å². The molecule has 1 fully saturated rings. The Morgan fingerprint density at radius 3 is 2.53 bits per heavy atom. The molecule has 1 aliphatic rings. The standard InChI is InChI=1S/C24H29N3O4S.CH4S/c1-3-4-13-31-20-8-5-18(6-9-20)24(29)26-19-7-10-21(25-2)22(16-19)32-17-23(28)27-11-14-30-15-12-27;1-2/h5-10,16H,2-4,11-15,17H2,1H3,(H,26,29);2H,1H3. The van der Waals surface area contributed by atoms with Crippen molar-refractivity contribution in [2.75, 3.05) is 50.2 Å². The van der Waals surface area contributed by atoms with E-state index in [9.17, 15) is 9.59 Å². The lowest BCUT2D eigenvalue weighted by Gasteiger charge is -2.26. The fraction of sp³-hybridized carbons (Fsp3) is 0.400. The van der Waals surface area contributed by atoms with Crippen molar-refractivity contribution in [2.24, 2.45) is 4.99 Å². The molecule has 0 spiro atoms. The molecule has 1 heterocycles. The van der Waals surface area contributed by atoms with Gasteiger partial charge in [-0.3, -0.25) is 14.6 Å². The maximum absolute atomic E-state index is 12.7. The molecule has 2 amide bonds. The van der Waals surface area contributed by atoms with Gasteiger partial charge in [0.25, 0.3) is 5.91 Å². The highest BCUT2D eigenvalue weighted by Gasteiger charge is 2.18. The van der Waals surface area contributed by atoms with E-state index < -0.39 is 0 Å². The SMILES string of the molecule is C=Nc1ccc(NC(=O)c2ccc(OCCCC)cc2)cc1SCC(=O)N1CCOCC1.CS. The van der Waals surface area contributed by atoms with Gasteiger partial charge in [-0.25, -0.2) is 0 Å². The lowest BCUT2D eigenvalue weighted by molar-refractivity contribution is -0.132. The second kappa shape index (κ2) is 15.4. The summed E-state index contributed by atoms with van der Waals surface area (Å²) in [7, 11) is 0. The van der Waals surface area contributed by atoms with E-state index in [1.165, 1.54) is 11.8 Å². The number of hydrogen-bond donors (Lipinski definition) is 2. The molecule has 0 bridgehead atoms. The number of unbranched alkanes of at least 4 members (excludes halogenated alkanes) is 1. The second-order valence-electron chi connectivity index (χ2n) is 7.30. The number of benzene rings is 2. The van der Waals surface area contributed by atoms with Crippen LogP contribution >= 0.6 is 24.4 Å². The molecule has 1 aliphatic heterocycles. The van der Waals surface area contributed by atoms with Gasteiger partial charge in [0.1, 0.15) is 5.75 Å². The van der Waals surface area contributed by atoms with Crippen molar-refractivity contribution < 1.29 is 19.1 Å². The van der Waals surface area contributed by atoms with Crippen molar-refractivity contribution in [3.05, 3.63) is 48.0 Å². The molecule has 0 saturated carbocycles. The number of nitrogens with one attached hydrogen (secondary N) is 1. The lowest BCUT2D eigenvalue weighted by Crippen LogP contribution is -2.41. The van der Waals surface area contributed by atoms with Crippen molar-refractivity contribution in [3.63, 3.8) is 0 Å². The summed E-state index contributed by atoms with van der Waals surface area (Å²) in [4.78, 5) is 31.7. The van der Waals surface area contributed by atoms with Crippen LogP contribution in [0.25, 0.3) is 0 Å². The first kappa shape index (κ1) is 27.8. The molecular weight excluding hydrogens is 470 g/mol. The molecule has 9 heteroatoms. The van der Waals surface area contributed by atoms with Crippen LogP contribution in [-0.2, 0) is 9.53 Å². The number of thiol groups is 1. The monoisotopic (exact) mass is 503 g/mol. The number of carbonyl (C=O) groups excluding carboxylic acids is 2. The Hall–Kier alpha value is -2.49. The van der Waals surface area contributed by atoms with Crippen LogP contribution < -0.4 is 10.1 Å². The highest BCUT2D eigenvalue weighted by molar-refractivity contribution is 8.00. The fourth-order valence-corrected chi connectivity index (χ4v) is 4.07. The zero-order valence-electron chi connectivity index (χ0n) is 19.8. The second-order valence-corrected chi connectivity index (χ2v) is 8.32. The van der Waals surface area contributed by atoms with Crippen molar-refractivity contribution >= 4 is 54.3 Å². The fourth-order valence-electron chi connectivity index (χ4n) is 3.12. The van der Waals surface area contributed by atoms with E-state index >= 15 is 0 Å². The van der Waals surface area contributed by atoms with E-state index in [2.05, 4.69) is 36.6 Å². The molecule has 7 nitrogen and oxygen atoms in total. The number of hydrogen-bond acceptors (Lipinski definition) is 7. The van der Waals surface area contributed by atoms with E-state index in [1.54, 1.807) is 47.6 Å². The Balaban J connectivity index is 0.00000199. The third-order valence-corrected chi connectivity index (χ3v) is 6.02. The van der Waals surface area contributed by atoms with E-state index in [0.29, 0.717) is 55.6 Å². The number of amides is 2. The Labute approximate surface area is 211 Å². The molecule has 1 saturated heterocycles. The molecule has 2 aromatic carbocycles. The van der Waals surface area contributed by atoms with Gasteiger partial charge in [-0.2, -0.15) is 12.6 Å². The molecule has 0 radical (unpaired) electrons. The number of carbonyl (C=O) groups is 2. The Bertz CT molecular complexity index is 932. The highest BCUT2D eigenvalue weighted by atomic mass is 32.2. The smallest absolute Gasteiger partial charge is 0.255 e. The van der Waals surface area contributed by atoms with Crippen molar-refractivity contribution in [2.45, 2.75) is 24.7 Å².